The maximum Gasteiger partial charge on any atom is 0.255 e. The highest BCUT2D eigenvalue weighted by atomic mass is 16.3. The summed E-state index contributed by atoms with van der Waals surface area (Å²) in [6, 6.07) is 8.75. The van der Waals surface area contributed by atoms with E-state index in [-0.39, 0.29) is 29.7 Å². The summed E-state index contributed by atoms with van der Waals surface area (Å²) in [5, 5.41) is 44.5. The number of carbonyl (C=O) groups excluding carboxylic acids is 3. The van der Waals surface area contributed by atoms with E-state index >= 15 is 0 Å². The van der Waals surface area contributed by atoms with Crippen LogP contribution in [0.25, 0.3) is 5.76 Å². The molecule has 3 aliphatic rings. The molecule has 10 nitrogen and oxygen atoms in total. The van der Waals surface area contributed by atoms with Crippen molar-refractivity contribution >= 4 is 28.9 Å². The number of fused-ring (bicyclic) bond motifs is 3. The van der Waals surface area contributed by atoms with Crippen LogP contribution in [-0.2, 0) is 20.8 Å². The van der Waals surface area contributed by atoms with E-state index in [0.717, 1.165) is 0 Å². The van der Waals surface area contributed by atoms with E-state index in [1.807, 2.05) is 0 Å². The minimum atomic E-state index is -2.67. The number of likely N-dealkylation sites (N-methyl/N-ethyl adjacent to an activating group) is 1. The Morgan fingerprint density at radius 3 is 2.33 bits per heavy atom. The van der Waals surface area contributed by atoms with Gasteiger partial charge >= 0.3 is 0 Å². The number of benzene rings is 2. The fourth-order valence-electron chi connectivity index (χ4n) is 6.07. The number of primary amides is 1. The third-order valence-corrected chi connectivity index (χ3v) is 7.86. The summed E-state index contributed by atoms with van der Waals surface area (Å²) in [7, 11) is 3.10. The number of anilines is 1. The molecule has 1 fully saturated rings. The van der Waals surface area contributed by atoms with E-state index in [9.17, 15) is 34.8 Å². The zero-order chi connectivity index (χ0) is 28.4. The number of nitrogens with two attached hydrogens (primary N) is 2. The highest BCUT2D eigenvalue weighted by Crippen LogP contribution is 2.52. The molecule has 39 heavy (non-hydrogen) atoms. The maximum absolute atomic E-state index is 13.9. The second-order valence-corrected chi connectivity index (χ2v) is 10.3. The Hall–Kier alpha value is -4.59. The number of hydrogen-bond acceptors (Lipinski definition) is 9. The van der Waals surface area contributed by atoms with E-state index in [1.54, 1.807) is 44.4 Å². The van der Waals surface area contributed by atoms with Gasteiger partial charge in [-0.1, -0.05) is 11.8 Å². The number of amides is 1. The topological polar surface area (TPSA) is 187 Å². The van der Waals surface area contributed by atoms with Gasteiger partial charge in [-0.25, -0.2) is 0 Å². The van der Waals surface area contributed by atoms with Crippen LogP contribution in [-0.4, -0.2) is 68.5 Å². The van der Waals surface area contributed by atoms with Crippen LogP contribution in [0.3, 0.4) is 0 Å². The summed E-state index contributed by atoms with van der Waals surface area (Å²) < 4.78 is 0. The fraction of sp³-hybridized carbons (Fsp3) is 0.276. The second-order valence-electron chi connectivity index (χ2n) is 10.3. The molecule has 0 heterocycles. The largest absolute Gasteiger partial charge is 0.508 e. The fourth-order valence-corrected chi connectivity index (χ4v) is 6.07. The third kappa shape index (κ3) is 3.78. The number of rotatable bonds is 2. The van der Waals surface area contributed by atoms with Crippen molar-refractivity contribution in [3.8, 4) is 17.6 Å². The molecule has 4 atom stereocenters. The van der Waals surface area contributed by atoms with Crippen LogP contribution in [0.2, 0.25) is 0 Å². The predicted molar refractivity (Wildman–Crippen MR) is 141 cm³/mol. The monoisotopic (exact) mass is 529 g/mol. The lowest BCUT2D eigenvalue weighted by Crippen LogP contribution is -2.65. The molecule has 0 saturated heterocycles. The Balaban J connectivity index is 1.68. The van der Waals surface area contributed by atoms with Gasteiger partial charge in [0.05, 0.1) is 11.6 Å². The normalized spacial score (nSPS) is 26.0. The van der Waals surface area contributed by atoms with Crippen molar-refractivity contribution < 1.29 is 34.8 Å². The van der Waals surface area contributed by atoms with Gasteiger partial charge in [0.25, 0.3) is 5.91 Å². The molecule has 2 unspecified atom stereocenters. The SMILES string of the molecule is CN(C)[C@@H]1C(=O)C(C(N)=O)=C(O)[C@@]2(O)C(=O)C3=C(O)c4c(O)ccc(C#Cc5ccc(N)cc5)c4CC3CC12. The number of phenolic OH excluding ortho intramolecular Hbond substituents is 1. The van der Waals surface area contributed by atoms with Crippen LogP contribution in [0.4, 0.5) is 5.69 Å². The maximum atomic E-state index is 13.9. The van der Waals surface area contributed by atoms with Crippen LogP contribution >= 0.6 is 0 Å². The third-order valence-electron chi connectivity index (χ3n) is 7.86. The first-order chi connectivity index (χ1) is 18.4. The van der Waals surface area contributed by atoms with Crippen molar-refractivity contribution in [3.63, 3.8) is 0 Å². The Bertz CT molecular complexity index is 1580. The highest BCUT2D eigenvalue weighted by Gasteiger charge is 2.64. The molecule has 0 aromatic heterocycles. The number of carbonyl (C=O) groups is 3. The zero-order valence-electron chi connectivity index (χ0n) is 21.2. The van der Waals surface area contributed by atoms with E-state index in [2.05, 4.69) is 11.8 Å². The molecule has 200 valence electrons. The lowest BCUT2D eigenvalue weighted by molar-refractivity contribution is -0.153. The Morgan fingerprint density at radius 2 is 1.72 bits per heavy atom. The number of aliphatic hydroxyl groups excluding tert-OH is 2. The minimum Gasteiger partial charge on any atom is -0.508 e. The lowest BCUT2D eigenvalue weighted by Gasteiger charge is -2.50. The number of aliphatic hydroxyl groups is 3. The molecule has 2 aromatic carbocycles. The Labute approximate surface area is 223 Å². The first kappa shape index (κ1) is 26.0. The molecule has 0 radical (unpaired) electrons. The summed E-state index contributed by atoms with van der Waals surface area (Å²) in [4.78, 5) is 40.6. The lowest BCUT2D eigenvalue weighted by atomic mass is 9.57. The Kier molecular flexibility index (Phi) is 6.01. The van der Waals surface area contributed by atoms with Gasteiger partial charge in [-0.2, -0.15) is 0 Å². The summed E-state index contributed by atoms with van der Waals surface area (Å²) in [5.74, 6) is -0.833. The van der Waals surface area contributed by atoms with E-state index in [1.165, 1.54) is 11.0 Å². The Morgan fingerprint density at radius 1 is 1.05 bits per heavy atom. The number of nitrogen functional groups attached to an aromatic ring is 1. The molecule has 10 heteroatoms. The predicted octanol–water partition coefficient (Wildman–Crippen LogP) is 0.946. The average Bonchev–Trinajstić information content (AvgIpc) is 2.86. The standard InChI is InChI=1S/C29H27N3O7/c1-32(2)23-18-12-15-11-17-14(6-3-13-4-8-16(30)9-5-13)7-10-19(33)21(17)24(34)20(15)26(36)29(18,39)27(37)22(25(23)35)28(31)38/h4-5,7-10,15,18,23,33-34,37,39H,11-12,30H2,1-2H3,(H2,31,38)/t15?,18?,23-,29-/m0/s1. The first-order valence-electron chi connectivity index (χ1n) is 12.2. The highest BCUT2D eigenvalue weighted by molar-refractivity contribution is 6.24. The molecular formula is C29H27N3O7. The number of ketones is 2. The molecule has 3 aliphatic carbocycles. The number of hydrogen-bond donors (Lipinski definition) is 6. The van der Waals surface area contributed by atoms with Gasteiger partial charge in [-0.15, -0.1) is 0 Å². The summed E-state index contributed by atoms with van der Waals surface area (Å²) in [6.45, 7) is 0. The van der Waals surface area contributed by atoms with E-state index < -0.39 is 58.0 Å². The smallest absolute Gasteiger partial charge is 0.255 e. The zero-order valence-corrected chi connectivity index (χ0v) is 21.2. The minimum absolute atomic E-state index is 0.00426. The molecule has 8 N–H and O–H groups in total. The molecule has 0 aliphatic heterocycles. The van der Waals surface area contributed by atoms with Crippen molar-refractivity contribution in [1.82, 2.24) is 4.90 Å². The quantitative estimate of drug-likeness (QED) is 0.187. The summed E-state index contributed by atoms with van der Waals surface area (Å²) in [5.41, 5.74) is 9.65. The molecule has 1 amide bonds. The van der Waals surface area contributed by atoms with Crippen LogP contribution in [0.15, 0.2) is 53.3 Å². The number of phenols is 1. The van der Waals surface area contributed by atoms with Crippen molar-refractivity contribution in [2.24, 2.45) is 17.6 Å². The number of Topliss-reactive ketones (excluding diaryl/α,β-unsaturated/α-hetero) is 2. The van der Waals surface area contributed by atoms with Crippen molar-refractivity contribution in [3.05, 3.63) is 75.6 Å². The molecule has 1 saturated carbocycles. The van der Waals surface area contributed by atoms with Gasteiger partial charge in [0.2, 0.25) is 5.78 Å². The molecule has 2 aromatic rings. The van der Waals surface area contributed by atoms with Gasteiger partial charge in [0.1, 0.15) is 22.8 Å². The molecular weight excluding hydrogens is 502 g/mol. The van der Waals surface area contributed by atoms with Gasteiger partial charge in [0.15, 0.2) is 11.4 Å². The van der Waals surface area contributed by atoms with Gasteiger partial charge in [0, 0.05) is 28.3 Å². The van der Waals surface area contributed by atoms with Crippen molar-refractivity contribution in [1.29, 1.82) is 0 Å². The summed E-state index contributed by atoms with van der Waals surface area (Å²) in [6.07, 6.45) is 0.168. The van der Waals surface area contributed by atoms with Gasteiger partial charge in [-0.3, -0.25) is 19.3 Å². The number of nitrogens with zero attached hydrogens (tertiary/aromatic N) is 1. The average molecular weight is 530 g/mol. The second kappa shape index (κ2) is 9.01. The van der Waals surface area contributed by atoms with Crippen LogP contribution in [0.5, 0.6) is 5.75 Å². The summed E-state index contributed by atoms with van der Waals surface area (Å²) >= 11 is 0. The van der Waals surface area contributed by atoms with Crippen LogP contribution < -0.4 is 11.5 Å². The van der Waals surface area contributed by atoms with Gasteiger partial charge < -0.3 is 31.9 Å². The molecule has 5 rings (SSSR count). The van der Waals surface area contributed by atoms with Gasteiger partial charge in [-0.05, 0) is 74.8 Å². The van der Waals surface area contributed by atoms with Crippen LogP contribution in [0.1, 0.15) is 28.7 Å². The van der Waals surface area contributed by atoms with Crippen molar-refractivity contribution in [2.75, 3.05) is 19.8 Å². The first-order valence-corrected chi connectivity index (χ1v) is 12.2. The van der Waals surface area contributed by atoms with E-state index in [0.29, 0.717) is 22.4 Å². The number of aromatic hydroxyl groups is 1. The van der Waals surface area contributed by atoms with E-state index in [4.69, 9.17) is 11.5 Å². The molecule has 0 spiro atoms. The molecule has 0 bridgehead atoms. The van der Waals surface area contributed by atoms with Crippen LogP contribution in [0, 0.1) is 23.7 Å². The van der Waals surface area contributed by atoms with Crippen molar-refractivity contribution in [2.45, 2.75) is 24.5 Å².